The zero-order valence-electron chi connectivity index (χ0n) is 24.7. The van der Waals surface area contributed by atoms with Crippen LogP contribution in [0.2, 0.25) is 0 Å². The van der Waals surface area contributed by atoms with Gasteiger partial charge in [0.05, 0.1) is 11.3 Å². The molecule has 1 heterocycles. The van der Waals surface area contributed by atoms with Crippen LogP contribution in [0.3, 0.4) is 0 Å². The fourth-order valence-electron chi connectivity index (χ4n) is 5.01. The summed E-state index contributed by atoms with van der Waals surface area (Å²) in [7, 11) is -3.92. The number of aromatic nitrogens is 1. The van der Waals surface area contributed by atoms with Crippen molar-refractivity contribution in [3.63, 3.8) is 0 Å². The van der Waals surface area contributed by atoms with Crippen LogP contribution in [0, 0.1) is 12.8 Å². The van der Waals surface area contributed by atoms with Crippen molar-refractivity contribution in [2.45, 2.75) is 76.8 Å². The van der Waals surface area contributed by atoms with Gasteiger partial charge in [0.25, 0.3) is 0 Å². The van der Waals surface area contributed by atoms with E-state index in [2.05, 4.69) is 15.6 Å². The molecule has 0 fully saturated rings. The lowest BCUT2D eigenvalue weighted by Gasteiger charge is -2.31. The van der Waals surface area contributed by atoms with Gasteiger partial charge in [-0.15, -0.1) is 0 Å². The molecule has 0 aliphatic rings. The number of benzene rings is 2. The molecule has 0 saturated heterocycles. The first-order chi connectivity index (χ1) is 19.9. The summed E-state index contributed by atoms with van der Waals surface area (Å²) in [6.07, 6.45) is 3.18. The number of nitrogens with one attached hydrogen (secondary N) is 3. The van der Waals surface area contributed by atoms with E-state index in [0.717, 1.165) is 22.0 Å². The first-order valence-corrected chi connectivity index (χ1v) is 15.7. The Bertz CT molecular complexity index is 1470. The van der Waals surface area contributed by atoms with Crippen molar-refractivity contribution in [2.24, 2.45) is 5.92 Å². The van der Waals surface area contributed by atoms with Gasteiger partial charge in [0.2, 0.25) is 21.8 Å². The molecule has 0 aliphatic carbocycles. The third-order valence-electron chi connectivity index (χ3n) is 7.05. The lowest BCUT2D eigenvalue weighted by Crippen LogP contribution is -2.47. The van der Waals surface area contributed by atoms with Crippen molar-refractivity contribution < 1.29 is 27.9 Å². The molecule has 2 atom stereocenters. The summed E-state index contributed by atoms with van der Waals surface area (Å²) in [6, 6.07) is 12.8. The summed E-state index contributed by atoms with van der Waals surface area (Å²) >= 11 is 0. The number of fused-ring (bicyclic) bond motifs is 1. The largest absolute Gasteiger partial charge is 0.481 e. The fourth-order valence-corrected chi connectivity index (χ4v) is 6.83. The van der Waals surface area contributed by atoms with Crippen LogP contribution in [0.15, 0.2) is 59.6 Å². The van der Waals surface area contributed by atoms with E-state index in [-0.39, 0.29) is 35.6 Å². The van der Waals surface area contributed by atoms with Crippen molar-refractivity contribution in [1.82, 2.24) is 19.9 Å². The van der Waals surface area contributed by atoms with E-state index in [1.165, 1.54) is 11.2 Å². The predicted octanol–water partition coefficient (Wildman–Crippen LogP) is 4.00. The van der Waals surface area contributed by atoms with Crippen molar-refractivity contribution in [2.75, 3.05) is 13.1 Å². The number of rotatable bonds is 16. The first-order valence-electron chi connectivity index (χ1n) is 14.3. The number of carboxylic acids is 1. The second kappa shape index (κ2) is 15.0. The van der Waals surface area contributed by atoms with Gasteiger partial charge in [-0.25, -0.2) is 8.42 Å². The van der Waals surface area contributed by atoms with Crippen molar-refractivity contribution in [1.29, 1.82) is 0 Å². The highest BCUT2D eigenvalue weighted by atomic mass is 32.2. The van der Waals surface area contributed by atoms with E-state index >= 15 is 0 Å². The van der Waals surface area contributed by atoms with E-state index in [1.807, 2.05) is 51.2 Å². The zero-order chi connectivity index (χ0) is 30.9. The van der Waals surface area contributed by atoms with E-state index in [1.54, 1.807) is 24.3 Å². The number of para-hydroxylation sites is 1. The highest BCUT2D eigenvalue weighted by Crippen LogP contribution is 2.25. The standard InChI is InChI=1S/C31H42N4O6S/c1-21(2)20-35(42(40,41)26-14-12-22(3)13-15-26)25(18-30(37)38)9-7-8-16-32-31(39)29(34-23(4)36)17-24-19-33-28-11-6-5-10-27(24)28/h5-6,10-15,19,21,25,29,33H,7-9,16-18,20H2,1-4H3,(H,32,39)(H,34,36)(H,37,38)/t25-,29-/m0/s1. The Morgan fingerprint density at radius 3 is 2.36 bits per heavy atom. The number of carbonyl (C=O) groups is 3. The Labute approximate surface area is 247 Å². The molecular formula is C31H42N4O6S. The molecule has 10 nitrogen and oxygen atoms in total. The van der Waals surface area contributed by atoms with E-state index in [0.29, 0.717) is 32.2 Å². The number of aromatic amines is 1. The molecule has 0 spiro atoms. The normalized spacial score (nSPS) is 13.3. The lowest BCUT2D eigenvalue weighted by molar-refractivity contribution is -0.138. The van der Waals surface area contributed by atoms with Gasteiger partial charge in [0.15, 0.2) is 0 Å². The SMILES string of the molecule is CC(=O)N[C@@H](Cc1c[nH]c2ccccc12)C(=O)NCCCC[C@@H](CC(=O)O)N(CC(C)C)S(=O)(=O)c1ccc(C)cc1. The van der Waals surface area contributed by atoms with Gasteiger partial charge in [-0.2, -0.15) is 4.31 Å². The van der Waals surface area contributed by atoms with Crippen LogP contribution in [0.4, 0.5) is 0 Å². The smallest absolute Gasteiger partial charge is 0.304 e. The molecule has 3 aromatic rings. The summed E-state index contributed by atoms with van der Waals surface area (Å²) in [5, 5.41) is 16.2. The first kappa shape index (κ1) is 32.8. The summed E-state index contributed by atoms with van der Waals surface area (Å²) in [5.74, 6) is -1.72. The van der Waals surface area contributed by atoms with Gasteiger partial charge in [-0.1, -0.05) is 56.2 Å². The van der Waals surface area contributed by atoms with Crippen LogP contribution < -0.4 is 10.6 Å². The molecule has 4 N–H and O–H groups in total. The molecule has 0 saturated carbocycles. The van der Waals surface area contributed by atoms with Crippen molar-refractivity contribution >= 4 is 38.7 Å². The average molecular weight is 599 g/mol. The third-order valence-corrected chi connectivity index (χ3v) is 8.98. The molecule has 0 aliphatic heterocycles. The third kappa shape index (κ3) is 9.15. The molecule has 0 unspecified atom stereocenters. The summed E-state index contributed by atoms with van der Waals surface area (Å²) < 4.78 is 28.5. The van der Waals surface area contributed by atoms with E-state index in [9.17, 15) is 27.9 Å². The van der Waals surface area contributed by atoms with Crippen molar-refractivity contribution in [3.05, 3.63) is 65.9 Å². The number of carbonyl (C=O) groups excluding carboxylic acids is 2. The number of unbranched alkanes of at least 4 members (excludes halogenated alkanes) is 1. The minimum absolute atomic E-state index is 0.0105. The summed E-state index contributed by atoms with van der Waals surface area (Å²) in [6.45, 7) is 7.52. The topological polar surface area (TPSA) is 149 Å². The molecule has 228 valence electrons. The molecule has 42 heavy (non-hydrogen) atoms. The predicted molar refractivity (Wildman–Crippen MR) is 162 cm³/mol. The fraction of sp³-hybridized carbons (Fsp3) is 0.452. The van der Waals surface area contributed by atoms with E-state index < -0.39 is 28.1 Å². The maximum Gasteiger partial charge on any atom is 0.304 e. The van der Waals surface area contributed by atoms with Gasteiger partial charge in [-0.05, 0) is 49.4 Å². The molecule has 2 amide bonds. The Balaban J connectivity index is 1.64. The van der Waals surface area contributed by atoms with Crippen LogP contribution in [0.25, 0.3) is 10.9 Å². The Kier molecular flexibility index (Phi) is 11.7. The van der Waals surface area contributed by atoms with E-state index in [4.69, 9.17) is 0 Å². The van der Waals surface area contributed by atoms with Crippen LogP contribution in [-0.4, -0.2) is 65.8 Å². The molecule has 0 bridgehead atoms. The summed E-state index contributed by atoms with van der Waals surface area (Å²) in [5.41, 5.74) is 2.79. The van der Waals surface area contributed by atoms with Gasteiger partial charge >= 0.3 is 5.97 Å². The number of H-pyrrole nitrogens is 1. The molecular weight excluding hydrogens is 556 g/mol. The number of hydrogen-bond acceptors (Lipinski definition) is 5. The number of amides is 2. The minimum atomic E-state index is -3.92. The maximum atomic E-state index is 13.6. The number of carboxylic acid groups (broad SMARTS) is 1. The number of nitrogens with zero attached hydrogens (tertiary/aromatic N) is 1. The monoisotopic (exact) mass is 598 g/mol. The Morgan fingerprint density at radius 1 is 1.02 bits per heavy atom. The average Bonchev–Trinajstić information content (AvgIpc) is 3.33. The second-order valence-electron chi connectivity index (χ2n) is 11.1. The van der Waals surface area contributed by atoms with Crippen LogP contribution >= 0.6 is 0 Å². The highest BCUT2D eigenvalue weighted by Gasteiger charge is 2.33. The Hall–Kier alpha value is -3.70. The second-order valence-corrected chi connectivity index (χ2v) is 13.0. The van der Waals surface area contributed by atoms with Crippen LogP contribution in [0.5, 0.6) is 0 Å². The molecule has 1 aromatic heterocycles. The lowest BCUT2D eigenvalue weighted by atomic mass is 10.0. The quantitative estimate of drug-likeness (QED) is 0.183. The van der Waals surface area contributed by atoms with Gasteiger partial charge in [-0.3, -0.25) is 14.4 Å². The maximum absolute atomic E-state index is 13.6. The summed E-state index contributed by atoms with van der Waals surface area (Å²) in [4.78, 5) is 39.9. The van der Waals surface area contributed by atoms with Crippen molar-refractivity contribution in [3.8, 4) is 0 Å². The highest BCUT2D eigenvalue weighted by molar-refractivity contribution is 7.89. The molecule has 2 aromatic carbocycles. The zero-order valence-corrected chi connectivity index (χ0v) is 25.5. The molecule has 3 rings (SSSR count). The number of aliphatic carboxylic acids is 1. The Morgan fingerprint density at radius 2 is 1.71 bits per heavy atom. The molecule has 0 radical (unpaired) electrons. The van der Waals surface area contributed by atoms with Crippen LogP contribution in [0.1, 0.15) is 57.6 Å². The van der Waals surface area contributed by atoms with Gasteiger partial charge in [0, 0.05) is 49.6 Å². The van der Waals surface area contributed by atoms with Gasteiger partial charge in [0.1, 0.15) is 6.04 Å². The molecule has 11 heteroatoms. The van der Waals surface area contributed by atoms with Gasteiger partial charge < -0.3 is 20.7 Å². The minimum Gasteiger partial charge on any atom is -0.481 e. The number of sulfonamides is 1. The van der Waals surface area contributed by atoms with Crippen LogP contribution in [-0.2, 0) is 30.8 Å². The number of hydrogen-bond donors (Lipinski definition) is 4. The number of aryl methyl sites for hydroxylation is 1.